The van der Waals surface area contributed by atoms with Crippen LogP contribution in [0.4, 0.5) is 11.4 Å². The van der Waals surface area contributed by atoms with Crippen molar-refractivity contribution in [2.45, 2.75) is 6.92 Å². The lowest BCUT2D eigenvalue weighted by atomic mass is 10.0. The second-order valence-electron chi connectivity index (χ2n) is 7.99. The van der Waals surface area contributed by atoms with Gasteiger partial charge in [-0.1, -0.05) is 42.5 Å². The van der Waals surface area contributed by atoms with Gasteiger partial charge in [0.1, 0.15) is 10.6 Å². The third-order valence-corrected chi connectivity index (χ3v) is 6.67. The van der Waals surface area contributed by atoms with Crippen LogP contribution in [0.15, 0.2) is 100 Å². The van der Waals surface area contributed by atoms with Gasteiger partial charge in [0.25, 0.3) is 0 Å². The Labute approximate surface area is 199 Å². The average molecular weight is 462 g/mol. The van der Waals surface area contributed by atoms with Crippen molar-refractivity contribution in [2.75, 3.05) is 5.32 Å². The fraction of sp³-hybridized carbons (Fsp3) is 0.0357. The van der Waals surface area contributed by atoms with Crippen LogP contribution in [-0.4, -0.2) is 10.9 Å². The molecule has 0 atom stereocenters. The van der Waals surface area contributed by atoms with Crippen LogP contribution in [0.5, 0.6) is 0 Å². The predicted octanol–water partition coefficient (Wildman–Crippen LogP) is 7.05. The number of nitrogens with one attached hydrogen (secondary N) is 1. The number of aromatic nitrogens is 1. The van der Waals surface area contributed by atoms with Crippen LogP contribution in [-0.2, 0) is 4.79 Å². The van der Waals surface area contributed by atoms with Gasteiger partial charge in [-0.05, 0) is 59.3 Å². The summed E-state index contributed by atoms with van der Waals surface area (Å²) in [6.45, 7) is 1.49. The molecule has 5 nitrogen and oxygen atoms in total. The van der Waals surface area contributed by atoms with E-state index >= 15 is 0 Å². The Morgan fingerprint density at radius 1 is 0.912 bits per heavy atom. The quantitative estimate of drug-likeness (QED) is 0.287. The van der Waals surface area contributed by atoms with Gasteiger partial charge < -0.3 is 9.73 Å². The summed E-state index contributed by atoms with van der Waals surface area (Å²) in [6.07, 6.45) is 0. The topological polar surface area (TPSA) is 67.5 Å². The van der Waals surface area contributed by atoms with Crippen LogP contribution in [0.2, 0.25) is 0 Å². The van der Waals surface area contributed by atoms with Crippen molar-refractivity contribution in [3.8, 4) is 10.6 Å². The highest BCUT2D eigenvalue weighted by Gasteiger charge is 2.13. The van der Waals surface area contributed by atoms with Gasteiger partial charge in [0, 0.05) is 18.0 Å². The number of carbonyl (C=O) groups is 1. The highest BCUT2D eigenvalue weighted by atomic mass is 32.1. The molecule has 2 heterocycles. The third-order valence-electron chi connectivity index (χ3n) is 5.60. The normalized spacial score (nSPS) is 12.0. The van der Waals surface area contributed by atoms with Gasteiger partial charge in [-0.15, -0.1) is 11.3 Å². The largest absolute Gasteiger partial charge is 0.438 e. The lowest BCUT2D eigenvalue weighted by Crippen LogP contribution is -2.06. The van der Waals surface area contributed by atoms with E-state index in [9.17, 15) is 4.79 Å². The maximum Gasteiger partial charge on any atom is 0.230 e. The summed E-state index contributed by atoms with van der Waals surface area (Å²) in [6, 6.07) is 29.9. The number of para-hydroxylation sites is 1. The number of nitrogens with zero attached hydrogens (tertiary/aromatic N) is 2. The molecule has 0 aliphatic carbocycles. The minimum atomic E-state index is -0.112. The molecule has 6 aromatic rings. The molecule has 2 aromatic heterocycles. The van der Waals surface area contributed by atoms with Gasteiger partial charge in [-0.25, -0.2) is 9.98 Å². The Balaban J connectivity index is 1.60. The Kier molecular flexibility index (Phi) is 4.93. The summed E-state index contributed by atoms with van der Waals surface area (Å²) >= 11 is 1.62. The molecule has 0 spiro atoms. The highest BCUT2D eigenvalue weighted by Crippen LogP contribution is 2.32. The smallest absolute Gasteiger partial charge is 0.230 e. The second kappa shape index (κ2) is 8.24. The number of amides is 1. The first kappa shape index (κ1) is 20.3. The number of carbonyl (C=O) groups excluding carboxylic acids is 1. The lowest BCUT2D eigenvalue weighted by Gasteiger charge is -2.06. The standard InChI is InChI=1S/C28H19N3O2S/c1-17(32)29-19-11-13-20(14-12-19)30-27-23(28-31-24-8-4-5-9-26(24)34-28)16-22-21-7-3-2-6-18(21)10-15-25(22)33-27/h2-16H,1H3,(H,29,32). The first-order valence-corrected chi connectivity index (χ1v) is 11.7. The zero-order valence-corrected chi connectivity index (χ0v) is 19.1. The molecule has 0 aliphatic rings. The summed E-state index contributed by atoms with van der Waals surface area (Å²) in [5.41, 5.74) is 4.49. The van der Waals surface area contributed by atoms with E-state index in [1.165, 1.54) is 6.92 Å². The number of anilines is 1. The third kappa shape index (κ3) is 3.74. The van der Waals surface area contributed by atoms with E-state index in [2.05, 4.69) is 35.6 Å². The maximum absolute atomic E-state index is 11.3. The van der Waals surface area contributed by atoms with E-state index in [4.69, 9.17) is 14.4 Å². The minimum Gasteiger partial charge on any atom is -0.438 e. The highest BCUT2D eigenvalue weighted by molar-refractivity contribution is 7.21. The Morgan fingerprint density at radius 3 is 2.53 bits per heavy atom. The van der Waals surface area contributed by atoms with Crippen molar-refractivity contribution in [2.24, 2.45) is 4.99 Å². The fourth-order valence-electron chi connectivity index (χ4n) is 4.04. The van der Waals surface area contributed by atoms with Crippen LogP contribution in [0.3, 0.4) is 0 Å². The maximum atomic E-state index is 11.3. The molecule has 6 heteroatoms. The minimum absolute atomic E-state index is 0.112. The zero-order chi connectivity index (χ0) is 23.1. The van der Waals surface area contributed by atoms with Crippen molar-refractivity contribution in [1.82, 2.24) is 4.98 Å². The molecular weight excluding hydrogens is 442 g/mol. The van der Waals surface area contributed by atoms with E-state index in [-0.39, 0.29) is 5.91 Å². The van der Waals surface area contributed by atoms with E-state index < -0.39 is 0 Å². The number of rotatable bonds is 3. The van der Waals surface area contributed by atoms with Gasteiger partial charge >= 0.3 is 0 Å². The Hall–Kier alpha value is -4.29. The number of thiazole rings is 1. The van der Waals surface area contributed by atoms with Gasteiger partial charge in [-0.2, -0.15) is 0 Å². The molecule has 0 unspecified atom stereocenters. The molecule has 0 saturated carbocycles. The number of hydrogen-bond acceptors (Lipinski definition) is 5. The number of fused-ring (bicyclic) bond motifs is 4. The van der Waals surface area contributed by atoms with Crippen LogP contribution in [0.25, 0.3) is 42.5 Å². The molecule has 6 rings (SSSR count). The van der Waals surface area contributed by atoms with Gasteiger partial charge in [0.05, 0.1) is 21.5 Å². The first-order chi connectivity index (χ1) is 16.6. The molecule has 0 bridgehead atoms. The molecular formula is C28H19N3O2S. The van der Waals surface area contributed by atoms with Crippen molar-refractivity contribution in [3.63, 3.8) is 0 Å². The summed E-state index contributed by atoms with van der Waals surface area (Å²) in [7, 11) is 0. The summed E-state index contributed by atoms with van der Waals surface area (Å²) < 4.78 is 7.49. The first-order valence-electron chi connectivity index (χ1n) is 10.9. The average Bonchev–Trinajstić information content (AvgIpc) is 3.28. The van der Waals surface area contributed by atoms with E-state index in [1.54, 1.807) is 11.3 Å². The predicted molar refractivity (Wildman–Crippen MR) is 138 cm³/mol. The van der Waals surface area contributed by atoms with E-state index in [1.807, 2.05) is 60.7 Å². The van der Waals surface area contributed by atoms with Crippen molar-refractivity contribution >= 4 is 60.6 Å². The molecule has 1 N–H and O–H groups in total. The Bertz CT molecular complexity index is 1730. The van der Waals surface area contributed by atoms with Crippen LogP contribution >= 0.6 is 11.3 Å². The van der Waals surface area contributed by atoms with E-state index in [0.717, 1.165) is 53.9 Å². The van der Waals surface area contributed by atoms with Crippen LogP contribution < -0.4 is 10.9 Å². The van der Waals surface area contributed by atoms with Gasteiger partial charge in [-0.3, -0.25) is 4.79 Å². The summed E-state index contributed by atoms with van der Waals surface area (Å²) in [5.74, 6) is -0.112. The molecule has 34 heavy (non-hydrogen) atoms. The zero-order valence-electron chi connectivity index (χ0n) is 18.3. The van der Waals surface area contributed by atoms with Crippen molar-refractivity contribution in [3.05, 3.63) is 96.5 Å². The van der Waals surface area contributed by atoms with Crippen molar-refractivity contribution in [1.29, 1.82) is 0 Å². The summed E-state index contributed by atoms with van der Waals surface area (Å²) in [5, 5.41) is 6.93. The molecule has 0 aliphatic heterocycles. The van der Waals surface area contributed by atoms with E-state index in [0.29, 0.717) is 5.55 Å². The van der Waals surface area contributed by atoms with Crippen LogP contribution in [0, 0.1) is 0 Å². The molecule has 0 saturated heterocycles. The number of hydrogen-bond donors (Lipinski definition) is 1. The monoisotopic (exact) mass is 461 g/mol. The molecule has 4 aromatic carbocycles. The molecule has 1 amide bonds. The SMILES string of the molecule is CC(=O)Nc1ccc(N=c2oc3ccc4ccccc4c3cc2-c2nc3ccccc3s2)cc1. The molecule has 0 fully saturated rings. The second-order valence-corrected chi connectivity index (χ2v) is 9.02. The molecule has 0 radical (unpaired) electrons. The molecule has 164 valence electrons. The number of benzene rings is 4. The van der Waals surface area contributed by atoms with Gasteiger partial charge in [0.15, 0.2) is 0 Å². The summed E-state index contributed by atoms with van der Waals surface area (Å²) in [4.78, 5) is 21.0. The van der Waals surface area contributed by atoms with Gasteiger partial charge in [0.2, 0.25) is 11.5 Å². The Morgan fingerprint density at radius 2 is 1.71 bits per heavy atom. The fourth-order valence-corrected chi connectivity index (χ4v) is 5.02. The van der Waals surface area contributed by atoms with Crippen LogP contribution in [0.1, 0.15) is 6.92 Å². The van der Waals surface area contributed by atoms with Crippen molar-refractivity contribution < 1.29 is 9.21 Å². The lowest BCUT2D eigenvalue weighted by molar-refractivity contribution is -0.114.